The van der Waals surface area contributed by atoms with Gasteiger partial charge in [0, 0.05) is 24.0 Å². The van der Waals surface area contributed by atoms with E-state index in [4.69, 9.17) is 23.2 Å². The van der Waals surface area contributed by atoms with Crippen LogP contribution in [0.1, 0.15) is 13.3 Å². The zero-order valence-corrected chi connectivity index (χ0v) is 11.9. The number of hydrogen-bond donors (Lipinski definition) is 0. The zero-order valence-electron chi connectivity index (χ0n) is 9.57. The van der Waals surface area contributed by atoms with E-state index >= 15 is 0 Å². The molecule has 1 aromatic rings. The van der Waals surface area contributed by atoms with Crippen LogP contribution < -0.4 is 0 Å². The van der Waals surface area contributed by atoms with Crippen LogP contribution in [0.25, 0.3) is 0 Å². The number of halogens is 2. The lowest BCUT2D eigenvalue weighted by Crippen LogP contribution is -2.32. The van der Waals surface area contributed by atoms with Crippen molar-refractivity contribution in [1.29, 1.82) is 0 Å². The van der Waals surface area contributed by atoms with Crippen molar-refractivity contribution in [3.8, 4) is 0 Å². The van der Waals surface area contributed by atoms with Crippen LogP contribution in [0.2, 0.25) is 5.02 Å². The van der Waals surface area contributed by atoms with E-state index in [-0.39, 0.29) is 4.90 Å². The summed E-state index contributed by atoms with van der Waals surface area (Å²) in [6, 6.07) is 6.18. The van der Waals surface area contributed by atoms with E-state index < -0.39 is 10.0 Å². The molecule has 0 N–H and O–H groups in total. The monoisotopic (exact) mass is 295 g/mol. The van der Waals surface area contributed by atoms with E-state index in [0.29, 0.717) is 30.4 Å². The first kappa shape index (κ1) is 14.8. The summed E-state index contributed by atoms with van der Waals surface area (Å²) in [5, 5.41) is 0.521. The van der Waals surface area contributed by atoms with Crippen molar-refractivity contribution in [3.05, 3.63) is 29.3 Å². The summed E-state index contributed by atoms with van der Waals surface area (Å²) in [6.07, 6.45) is 0.641. The lowest BCUT2D eigenvalue weighted by atomic mass is 10.4. The SMILES string of the molecule is CCN(CCCCl)S(=O)(=O)c1ccc(Cl)cc1. The average Bonchev–Trinajstić information content (AvgIpc) is 2.30. The predicted octanol–water partition coefficient (Wildman–Crippen LogP) is 2.98. The molecule has 0 aromatic heterocycles. The topological polar surface area (TPSA) is 37.4 Å². The number of hydrogen-bond acceptors (Lipinski definition) is 2. The quantitative estimate of drug-likeness (QED) is 0.757. The third-order valence-corrected chi connectivity index (χ3v) is 4.85. The largest absolute Gasteiger partial charge is 0.243 e. The Morgan fingerprint density at radius 2 is 1.82 bits per heavy atom. The van der Waals surface area contributed by atoms with Crippen LogP contribution in [0.3, 0.4) is 0 Å². The summed E-state index contributed by atoms with van der Waals surface area (Å²) in [7, 11) is -3.42. The molecule has 0 saturated carbocycles. The molecule has 17 heavy (non-hydrogen) atoms. The van der Waals surface area contributed by atoms with Crippen LogP contribution in [0.4, 0.5) is 0 Å². The van der Waals surface area contributed by atoms with Crippen molar-refractivity contribution in [2.45, 2.75) is 18.2 Å². The molecule has 0 aliphatic rings. The molecule has 0 bridgehead atoms. The van der Waals surface area contributed by atoms with E-state index in [2.05, 4.69) is 0 Å². The predicted molar refractivity (Wildman–Crippen MR) is 71.2 cm³/mol. The van der Waals surface area contributed by atoms with Gasteiger partial charge in [0.15, 0.2) is 0 Å². The van der Waals surface area contributed by atoms with Gasteiger partial charge in [0.2, 0.25) is 10.0 Å². The van der Waals surface area contributed by atoms with Crippen LogP contribution in [0.5, 0.6) is 0 Å². The molecule has 6 heteroatoms. The van der Waals surface area contributed by atoms with Crippen molar-refractivity contribution in [2.24, 2.45) is 0 Å². The van der Waals surface area contributed by atoms with Crippen molar-refractivity contribution in [2.75, 3.05) is 19.0 Å². The van der Waals surface area contributed by atoms with Gasteiger partial charge < -0.3 is 0 Å². The number of rotatable bonds is 6. The second-order valence-corrected chi connectivity index (χ2v) is 6.25. The van der Waals surface area contributed by atoms with Gasteiger partial charge in [-0.2, -0.15) is 4.31 Å². The molecule has 0 spiro atoms. The fourth-order valence-corrected chi connectivity index (χ4v) is 3.17. The number of sulfonamides is 1. The van der Waals surface area contributed by atoms with Gasteiger partial charge in [0.1, 0.15) is 0 Å². The molecule has 0 saturated heterocycles. The van der Waals surface area contributed by atoms with E-state index in [0.717, 1.165) is 0 Å². The highest BCUT2D eigenvalue weighted by Crippen LogP contribution is 2.18. The lowest BCUT2D eigenvalue weighted by molar-refractivity contribution is 0.428. The average molecular weight is 296 g/mol. The first-order valence-corrected chi connectivity index (χ1v) is 7.69. The van der Waals surface area contributed by atoms with Gasteiger partial charge in [-0.3, -0.25) is 0 Å². The molecule has 0 amide bonds. The van der Waals surface area contributed by atoms with Gasteiger partial charge in [-0.25, -0.2) is 8.42 Å². The molecular weight excluding hydrogens is 281 g/mol. The maximum atomic E-state index is 12.2. The Balaban J connectivity index is 2.95. The first-order valence-electron chi connectivity index (χ1n) is 5.34. The second kappa shape index (κ2) is 6.59. The fourth-order valence-electron chi connectivity index (χ4n) is 1.44. The van der Waals surface area contributed by atoms with Crippen molar-refractivity contribution in [3.63, 3.8) is 0 Å². The Labute approximate surface area is 112 Å². The van der Waals surface area contributed by atoms with Crippen molar-refractivity contribution < 1.29 is 8.42 Å². The number of benzene rings is 1. The molecule has 0 fully saturated rings. The normalized spacial score (nSPS) is 12.0. The Kier molecular flexibility index (Phi) is 5.73. The van der Waals surface area contributed by atoms with Gasteiger partial charge in [-0.1, -0.05) is 18.5 Å². The maximum absolute atomic E-state index is 12.2. The molecule has 0 heterocycles. The van der Waals surface area contributed by atoms with E-state index in [1.165, 1.54) is 16.4 Å². The van der Waals surface area contributed by atoms with Crippen LogP contribution in [-0.2, 0) is 10.0 Å². The van der Waals surface area contributed by atoms with Gasteiger partial charge in [-0.15, -0.1) is 11.6 Å². The highest BCUT2D eigenvalue weighted by Gasteiger charge is 2.22. The van der Waals surface area contributed by atoms with Gasteiger partial charge in [-0.05, 0) is 30.7 Å². The molecular formula is C11H15Cl2NO2S. The van der Waals surface area contributed by atoms with Gasteiger partial charge in [0.05, 0.1) is 4.90 Å². The molecule has 0 radical (unpaired) electrons. The number of nitrogens with zero attached hydrogens (tertiary/aromatic N) is 1. The summed E-state index contributed by atoms with van der Waals surface area (Å²) in [5.41, 5.74) is 0. The summed E-state index contributed by atoms with van der Waals surface area (Å²) in [4.78, 5) is 0.262. The summed E-state index contributed by atoms with van der Waals surface area (Å²) in [5.74, 6) is 0.451. The first-order chi connectivity index (χ1) is 8.02. The van der Waals surface area contributed by atoms with Gasteiger partial charge >= 0.3 is 0 Å². The van der Waals surface area contributed by atoms with Crippen LogP contribution in [-0.4, -0.2) is 31.7 Å². The van der Waals surface area contributed by atoms with Gasteiger partial charge in [0.25, 0.3) is 0 Å². The standard InChI is InChI=1S/C11H15Cl2NO2S/c1-2-14(9-3-8-12)17(15,16)11-6-4-10(13)5-7-11/h4-7H,2-3,8-9H2,1H3. The molecule has 0 atom stereocenters. The highest BCUT2D eigenvalue weighted by molar-refractivity contribution is 7.89. The maximum Gasteiger partial charge on any atom is 0.243 e. The molecule has 1 aromatic carbocycles. The van der Waals surface area contributed by atoms with Crippen LogP contribution in [0.15, 0.2) is 29.2 Å². The third kappa shape index (κ3) is 3.85. The van der Waals surface area contributed by atoms with Crippen LogP contribution in [0, 0.1) is 0 Å². The number of alkyl halides is 1. The molecule has 1 rings (SSSR count). The second-order valence-electron chi connectivity index (χ2n) is 3.49. The summed E-state index contributed by atoms with van der Waals surface area (Å²) in [6.45, 7) is 2.68. The third-order valence-electron chi connectivity index (χ3n) is 2.35. The highest BCUT2D eigenvalue weighted by atomic mass is 35.5. The van der Waals surface area contributed by atoms with E-state index in [1.807, 2.05) is 6.92 Å². The van der Waals surface area contributed by atoms with Crippen LogP contribution >= 0.6 is 23.2 Å². The van der Waals surface area contributed by atoms with E-state index in [1.54, 1.807) is 12.1 Å². The zero-order chi connectivity index (χ0) is 12.9. The molecule has 3 nitrogen and oxygen atoms in total. The Morgan fingerprint density at radius 3 is 2.29 bits per heavy atom. The molecule has 0 unspecified atom stereocenters. The molecule has 0 aliphatic heterocycles. The smallest absolute Gasteiger partial charge is 0.207 e. The minimum Gasteiger partial charge on any atom is -0.207 e. The minimum absolute atomic E-state index is 0.262. The minimum atomic E-state index is -3.42. The summed E-state index contributed by atoms with van der Waals surface area (Å²) < 4.78 is 25.9. The lowest BCUT2D eigenvalue weighted by Gasteiger charge is -2.19. The Morgan fingerprint density at radius 1 is 1.24 bits per heavy atom. The van der Waals surface area contributed by atoms with Crippen molar-refractivity contribution >= 4 is 33.2 Å². The van der Waals surface area contributed by atoms with E-state index in [9.17, 15) is 8.42 Å². The molecule has 96 valence electrons. The fraction of sp³-hybridized carbons (Fsp3) is 0.455. The molecule has 0 aliphatic carbocycles. The van der Waals surface area contributed by atoms with Crippen molar-refractivity contribution in [1.82, 2.24) is 4.31 Å². The summed E-state index contributed by atoms with van der Waals surface area (Å²) >= 11 is 11.3. The Hall–Kier alpha value is -0.290. The Bertz CT molecular complexity index is 445.